The van der Waals surface area contributed by atoms with Crippen LogP contribution in [0.25, 0.3) is 5.69 Å². The van der Waals surface area contributed by atoms with Crippen LogP contribution in [-0.4, -0.2) is 50.8 Å². The van der Waals surface area contributed by atoms with Crippen LogP contribution in [0, 0.1) is 13.8 Å². The van der Waals surface area contributed by atoms with Gasteiger partial charge in [-0.25, -0.2) is 14.6 Å². The van der Waals surface area contributed by atoms with Crippen molar-refractivity contribution in [1.29, 1.82) is 0 Å². The zero-order valence-electron chi connectivity index (χ0n) is 15.6. The van der Waals surface area contributed by atoms with Gasteiger partial charge in [-0.2, -0.15) is 5.10 Å². The molecular formula is C20H23ClN6. The van der Waals surface area contributed by atoms with Crippen LogP contribution in [-0.2, 0) is 6.54 Å². The first-order chi connectivity index (χ1) is 13.1. The minimum absolute atomic E-state index is 0.474. The molecule has 0 N–H and O–H groups in total. The van der Waals surface area contributed by atoms with E-state index in [4.69, 9.17) is 16.7 Å². The summed E-state index contributed by atoms with van der Waals surface area (Å²) in [6.45, 7) is 8.86. The van der Waals surface area contributed by atoms with Gasteiger partial charge in [-0.15, -0.1) is 0 Å². The van der Waals surface area contributed by atoms with E-state index in [1.807, 2.05) is 22.9 Å². The van der Waals surface area contributed by atoms with Crippen LogP contribution in [0.5, 0.6) is 0 Å². The molecule has 0 unspecified atom stereocenters. The monoisotopic (exact) mass is 382 g/mol. The maximum Gasteiger partial charge on any atom is 0.171 e. The molecule has 0 spiro atoms. The molecule has 0 radical (unpaired) electrons. The molecule has 140 valence electrons. The summed E-state index contributed by atoms with van der Waals surface area (Å²) in [7, 11) is 0. The summed E-state index contributed by atoms with van der Waals surface area (Å²) in [5, 5.41) is 5.24. The zero-order chi connectivity index (χ0) is 18.8. The molecule has 1 aliphatic rings. The highest BCUT2D eigenvalue weighted by atomic mass is 35.5. The molecule has 4 rings (SSSR count). The van der Waals surface area contributed by atoms with Gasteiger partial charge in [0.15, 0.2) is 11.0 Å². The Hall–Kier alpha value is -2.44. The SMILES string of the molecule is Cc1nn(-c2ccccc2)c(C)c1CN1CCN(c2nccnc2Cl)CC1. The van der Waals surface area contributed by atoms with Gasteiger partial charge in [0.2, 0.25) is 0 Å². The van der Waals surface area contributed by atoms with Gasteiger partial charge in [-0.3, -0.25) is 4.90 Å². The Labute approximate surface area is 164 Å². The lowest BCUT2D eigenvalue weighted by Gasteiger charge is -2.35. The van der Waals surface area contributed by atoms with Crippen LogP contribution >= 0.6 is 11.6 Å². The molecule has 0 aliphatic carbocycles. The normalized spacial score (nSPS) is 15.3. The van der Waals surface area contributed by atoms with Crippen molar-refractivity contribution in [2.75, 3.05) is 31.1 Å². The Morgan fingerprint density at radius 2 is 1.67 bits per heavy atom. The lowest BCUT2D eigenvalue weighted by Crippen LogP contribution is -2.46. The van der Waals surface area contributed by atoms with E-state index >= 15 is 0 Å². The Kier molecular flexibility index (Phi) is 5.09. The molecule has 1 fully saturated rings. The quantitative estimate of drug-likeness (QED) is 0.693. The lowest BCUT2D eigenvalue weighted by atomic mass is 10.1. The average molecular weight is 383 g/mol. The van der Waals surface area contributed by atoms with Crippen LogP contribution in [0.1, 0.15) is 17.0 Å². The van der Waals surface area contributed by atoms with Crippen LogP contribution in [0.4, 0.5) is 5.82 Å². The van der Waals surface area contributed by atoms with Gasteiger partial charge in [0.1, 0.15) is 0 Å². The highest BCUT2D eigenvalue weighted by Gasteiger charge is 2.22. The predicted molar refractivity (Wildman–Crippen MR) is 108 cm³/mol. The summed E-state index contributed by atoms with van der Waals surface area (Å²) in [6, 6.07) is 10.3. The average Bonchev–Trinajstić information content (AvgIpc) is 2.98. The number of hydrogen-bond donors (Lipinski definition) is 0. The fraction of sp³-hybridized carbons (Fsp3) is 0.350. The van der Waals surface area contributed by atoms with Gasteiger partial charge in [-0.05, 0) is 26.0 Å². The first-order valence-corrected chi connectivity index (χ1v) is 9.55. The lowest BCUT2D eigenvalue weighted by molar-refractivity contribution is 0.248. The van der Waals surface area contributed by atoms with Crippen molar-refractivity contribution in [1.82, 2.24) is 24.6 Å². The molecular weight excluding hydrogens is 360 g/mol. The van der Waals surface area contributed by atoms with Gasteiger partial charge in [0, 0.05) is 56.4 Å². The number of benzene rings is 1. The third kappa shape index (κ3) is 3.68. The molecule has 2 aromatic heterocycles. The van der Waals surface area contributed by atoms with Crippen molar-refractivity contribution in [3.63, 3.8) is 0 Å². The standard InChI is InChI=1S/C20H23ClN6/c1-15-18(16(2)27(24-15)17-6-4-3-5-7-17)14-25-10-12-26(13-11-25)20-19(21)22-8-9-23-20/h3-9H,10-14H2,1-2H3. The highest BCUT2D eigenvalue weighted by Crippen LogP contribution is 2.23. The molecule has 6 nitrogen and oxygen atoms in total. The van der Waals surface area contributed by atoms with E-state index in [1.54, 1.807) is 12.4 Å². The van der Waals surface area contributed by atoms with Crippen molar-refractivity contribution in [3.8, 4) is 5.69 Å². The van der Waals surface area contributed by atoms with E-state index < -0.39 is 0 Å². The fourth-order valence-corrected chi connectivity index (χ4v) is 3.82. The number of para-hydroxylation sites is 1. The third-order valence-corrected chi connectivity index (χ3v) is 5.40. The summed E-state index contributed by atoms with van der Waals surface area (Å²) in [4.78, 5) is 13.2. The predicted octanol–water partition coefficient (Wildman–Crippen LogP) is 3.25. The number of halogens is 1. The maximum atomic E-state index is 6.19. The number of anilines is 1. The smallest absolute Gasteiger partial charge is 0.171 e. The zero-order valence-corrected chi connectivity index (χ0v) is 16.4. The number of hydrogen-bond acceptors (Lipinski definition) is 5. The molecule has 1 saturated heterocycles. The number of aromatic nitrogens is 4. The minimum Gasteiger partial charge on any atom is -0.351 e. The Morgan fingerprint density at radius 1 is 0.963 bits per heavy atom. The van der Waals surface area contributed by atoms with Gasteiger partial charge in [0.25, 0.3) is 0 Å². The third-order valence-electron chi connectivity index (χ3n) is 5.13. The number of piperazine rings is 1. The van der Waals surface area contributed by atoms with Crippen LogP contribution < -0.4 is 4.90 Å². The first kappa shape index (κ1) is 17.9. The van der Waals surface area contributed by atoms with Crippen molar-refractivity contribution in [3.05, 3.63) is 64.8 Å². The molecule has 0 atom stereocenters. The van der Waals surface area contributed by atoms with Crippen molar-refractivity contribution >= 4 is 17.4 Å². The minimum atomic E-state index is 0.474. The van der Waals surface area contributed by atoms with Crippen LogP contribution in [0.2, 0.25) is 5.15 Å². The number of aryl methyl sites for hydroxylation is 1. The summed E-state index contributed by atoms with van der Waals surface area (Å²) < 4.78 is 2.04. The van der Waals surface area contributed by atoms with Gasteiger partial charge in [0.05, 0.1) is 11.4 Å². The van der Waals surface area contributed by atoms with E-state index in [0.717, 1.165) is 49.9 Å². The first-order valence-electron chi connectivity index (χ1n) is 9.18. The Bertz CT molecular complexity index is 915. The van der Waals surface area contributed by atoms with Gasteiger partial charge >= 0.3 is 0 Å². The molecule has 7 heteroatoms. The molecule has 1 aromatic carbocycles. The van der Waals surface area contributed by atoms with Crippen molar-refractivity contribution in [2.24, 2.45) is 0 Å². The van der Waals surface area contributed by atoms with Gasteiger partial charge in [-0.1, -0.05) is 29.8 Å². The highest BCUT2D eigenvalue weighted by molar-refractivity contribution is 6.31. The molecule has 1 aliphatic heterocycles. The van der Waals surface area contributed by atoms with Crippen molar-refractivity contribution in [2.45, 2.75) is 20.4 Å². The molecule has 3 aromatic rings. The molecule has 0 amide bonds. The molecule has 0 saturated carbocycles. The van der Waals surface area contributed by atoms with Crippen LogP contribution in [0.3, 0.4) is 0 Å². The van der Waals surface area contributed by atoms with E-state index in [1.165, 1.54) is 11.3 Å². The van der Waals surface area contributed by atoms with E-state index in [2.05, 4.69) is 45.7 Å². The van der Waals surface area contributed by atoms with Crippen molar-refractivity contribution < 1.29 is 0 Å². The summed E-state index contributed by atoms with van der Waals surface area (Å²) in [5.41, 5.74) is 4.71. The second kappa shape index (κ2) is 7.66. The fourth-order valence-electron chi connectivity index (χ4n) is 3.59. The van der Waals surface area contributed by atoms with E-state index in [9.17, 15) is 0 Å². The van der Waals surface area contributed by atoms with E-state index in [-0.39, 0.29) is 0 Å². The second-order valence-electron chi connectivity index (χ2n) is 6.83. The largest absolute Gasteiger partial charge is 0.351 e. The molecule has 27 heavy (non-hydrogen) atoms. The summed E-state index contributed by atoms with van der Waals surface area (Å²) >= 11 is 6.19. The van der Waals surface area contributed by atoms with Gasteiger partial charge < -0.3 is 4.90 Å². The number of nitrogens with zero attached hydrogens (tertiary/aromatic N) is 6. The molecule has 3 heterocycles. The van der Waals surface area contributed by atoms with Crippen LogP contribution in [0.15, 0.2) is 42.7 Å². The Morgan fingerprint density at radius 3 is 2.37 bits per heavy atom. The maximum absolute atomic E-state index is 6.19. The summed E-state index contributed by atoms with van der Waals surface area (Å²) in [6.07, 6.45) is 3.32. The van der Waals surface area contributed by atoms with E-state index in [0.29, 0.717) is 5.15 Å². The molecule has 0 bridgehead atoms. The second-order valence-corrected chi connectivity index (χ2v) is 7.19. The Balaban J connectivity index is 1.45. The topological polar surface area (TPSA) is 50.1 Å². The number of rotatable bonds is 4. The summed E-state index contributed by atoms with van der Waals surface area (Å²) in [5.74, 6) is 0.781.